The van der Waals surface area contributed by atoms with Gasteiger partial charge in [0.05, 0.1) is 0 Å². The van der Waals surface area contributed by atoms with Gasteiger partial charge in [0.15, 0.2) is 0 Å². The Morgan fingerprint density at radius 1 is 1.00 bits per heavy atom. The predicted octanol–water partition coefficient (Wildman–Crippen LogP) is 5.09. The Morgan fingerprint density at radius 2 is 1.76 bits per heavy atom. The number of hydrogen-bond donors (Lipinski definition) is 0. The van der Waals surface area contributed by atoms with Crippen LogP contribution < -0.4 is 0 Å². The third kappa shape index (κ3) is 2.52. The Labute approximate surface area is 105 Å². The van der Waals surface area contributed by atoms with Crippen molar-refractivity contribution in [2.75, 3.05) is 0 Å². The molecule has 0 amide bonds. The average Bonchev–Trinajstić information content (AvgIpc) is 2.28. The van der Waals surface area contributed by atoms with E-state index in [4.69, 9.17) is 0 Å². The summed E-state index contributed by atoms with van der Waals surface area (Å²) in [5.41, 5.74) is 3.14. The van der Waals surface area contributed by atoms with Crippen LogP contribution in [0, 0.1) is 0 Å². The molecule has 0 N–H and O–H groups in total. The molecule has 2 rings (SSSR count). The largest absolute Gasteiger partial charge is 0.0651 e. The molecule has 2 aromatic rings. The van der Waals surface area contributed by atoms with Gasteiger partial charge in [-0.05, 0) is 33.7 Å². The first-order valence-corrected chi connectivity index (χ1v) is 6.54. The fraction of sp³-hybridized carbons (Fsp3) is 0.412. The van der Waals surface area contributed by atoms with E-state index in [2.05, 4.69) is 64.1 Å². The third-order valence-electron chi connectivity index (χ3n) is 3.36. The summed E-state index contributed by atoms with van der Waals surface area (Å²) in [5.74, 6) is 0. The Kier molecular flexibility index (Phi) is 3.24. The zero-order valence-corrected chi connectivity index (χ0v) is 11.4. The van der Waals surface area contributed by atoms with Gasteiger partial charge in [-0.2, -0.15) is 0 Å². The van der Waals surface area contributed by atoms with Crippen molar-refractivity contribution >= 4 is 10.8 Å². The first kappa shape index (κ1) is 12.2. The summed E-state index contributed by atoms with van der Waals surface area (Å²) < 4.78 is 0. The molecule has 0 heterocycles. The highest BCUT2D eigenvalue weighted by atomic mass is 14.2. The number of rotatable bonds is 2. The molecule has 0 aromatic heterocycles. The second kappa shape index (κ2) is 4.52. The van der Waals surface area contributed by atoms with Gasteiger partial charge in [-0.1, -0.05) is 70.5 Å². The van der Waals surface area contributed by atoms with E-state index in [-0.39, 0.29) is 5.41 Å². The predicted molar refractivity (Wildman–Crippen MR) is 76.6 cm³/mol. The van der Waals surface area contributed by atoms with Gasteiger partial charge in [-0.25, -0.2) is 0 Å². The second-order valence-corrected chi connectivity index (χ2v) is 5.85. The smallest absolute Gasteiger partial charge is 0.0132 e. The maximum Gasteiger partial charge on any atom is -0.0132 e. The molecule has 90 valence electrons. The van der Waals surface area contributed by atoms with E-state index in [0.717, 1.165) is 0 Å². The molecule has 0 fully saturated rings. The zero-order chi connectivity index (χ0) is 12.5. The minimum atomic E-state index is 0.230. The lowest BCUT2D eigenvalue weighted by molar-refractivity contribution is 0.591. The van der Waals surface area contributed by atoms with Gasteiger partial charge in [0.2, 0.25) is 0 Å². The maximum atomic E-state index is 2.38. The minimum absolute atomic E-state index is 0.230. The molecule has 0 radical (unpaired) electrons. The van der Waals surface area contributed by atoms with E-state index in [1.54, 1.807) is 0 Å². The molecule has 0 aliphatic heterocycles. The molecule has 0 aliphatic rings. The summed E-state index contributed by atoms with van der Waals surface area (Å²) in [6.07, 6.45) is 2.38. The number of aryl methyl sites for hydroxylation is 1. The van der Waals surface area contributed by atoms with Crippen molar-refractivity contribution < 1.29 is 0 Å². The van der Waals surface area contributed by atoms with Crippen molar-refractivity contribution in [3.05, 3.63) is 47.5 Å². The standard InChI is InChI=1S/C17H22/c1-5-7-13-8-6-9-14-10-11-15(12-16(13)14)17(2,3)4/h6,8-12H,5,7H2,1-4H3. The molecule has 0 heteroatoms. The van der Waals surface area contributed by atoms with Crippen molar-refractivity contribution in [1.82, 2.24) is 0 Å². The van der Waals surface area contributed by atoms with Crippen LogP contribution in [0.3, 0.4) is 0 Å². The van der Waals surface area contributed by atoms with Crippen LogP contribution in [0.4, 0.5) is 0 Å². The highest BCUT2D eigenvalue weighted by Gasteiger charge is 2.14. The van der Waals surface area contributed by atoms with Crippen molar-refractivity contribution in [2.24, 2.45) is 0 Å². The Hall–Kier alpha value is -1.30. The lowest BCUT2D eigenvalue weighted by Gasteiger charge is -2.20. The normalized spacial score (nSPS) is 12.0. The van der Waals surface area contributed by atoms with E-state index in [9.17, 15) is 0 Å². The van der Waals surface area contributed by atoms with Gasteiger partial charge >= 0.3 is 0 Å². The van der Waals surface area contributed by atoms with Crippen molar-refractivity contribution in [2.45, 2.75) is 46.0 Å². The molecule has 0 atom stereocenters. The van der Waals surface area contributed by atoms with Gasteiger partial charge in [0.25, 0.3) is 0 Å². The van der Waals surface area contributed by atoms with Gasteiger partial charge < -0.3 is 0 Å². The molecular formula is C17H22. The first-order chi connectivity index (χ1) is 8.02. The van der Waals surface area contributed by atoms with Crippen LogP contribution in [0.15, 0.2) is 36.4 Å². The Balaban J connectivity index is 2.61. The van der Waals surface area contributed by atoms with Crippen LogP contribution in [0.5, 0.6) is 0 Å². The summed E-state index contributed by atoms with van der Waals surface area (Å²) in [4.78, 5) is 0. The van der Waals surface area contributed by atoms with Crippen LogP contribution in [0.2, 0.25) is 0 Å². The molecule has 0 aliphatic carbocycles. The fourth-order valence-electron chi connectivity index (χ4n) is 2.29. The summed E-state index contributed by atoms with van der Waals surface area (Å²) in [7, 11) is 0. The topological polar surface area (TPSA) is 0 Å². The summed E-state index contributed by atoms with van der Waals surface area (Å²) >= 11 is 0. The molecule has 0 saturated carbocycles. The molecule has 17 heavy (non-hydrogen) atoms. The average molecular weight is 226 g/mol. The molecule has 0 unspecified atom stereocenters. The second-order valence-electron chi connectivity index (χ2n) is 5.85. The van der Waals surface area contributed by atoms with Crippen molar-refractivity contribution in [3.8, 4) is 0 Å². The molecule has 0 bridgehead atoms. The molecule has 0 saturated heterocycles. The van der Waals surface area contributed by atoms with E-state index in [1.165, 1.54) is 34.7 Å². The van der Waals surface area contributed by atoms with E-state index in [1.807, 2.05) is 0 Å². The SMILES string of the molecule is CCCc1cccc2ccc(C(C)(C)C)cc12. The quantitative estimate of drug-likeness (QED) is 0.669. The van der Waals surface area contributed by atoms with Gasteiger partial charge in [-0.3, -0.25) is 0 Å². The van der Waals surface area contributed by atoms with Crippen LogP contribution >= 0.6 is 0 Å². The highest BCUT2D eigenvalue weighted by molar-refractivity contribution is 5.86. The summed E-state index contributed by atoms with van der Waals surface area (Å²) in [5, 5.41) is 2.80. The monoisotopic (exact) mass is 226 g/mol. The molecular weight excluding hydrogens is 204 g/mol. The maximum absolute atomic E-state index is 2.38. The molecule has 0 nitrogen and oxygen atoms in total. The first-order valence-electron chi connectivity index (χ1n) is 6.54. The van der Waals surface area contributed by atoms with Crippen LogP contribution in [0.1, 0.15) is 45.2 Å². The van der Waals surface area contributed by atoms with Crippen molar-refractivity contribution in [3.63, 3.8) is 0 Å². The fourth-order valence-corrected chi connectivity index (χ4v) is 2.29. The zero-order valence-electron chi connectivity index (χ0n) is 11.4. The van der Waals surface area contributed by atoms with Gasteiger partial charge in [0, 0.05) is 0 Å². The summed E-state index contributed by atoms with van der Waals surface area (Å²) in [6, 6.07) is 13.5. The third-order valence-corrected chi connectivity index (χ3v) is 3.36. The number of benzene rings is 2. The highest BCUT2D eigenvalue weighted by Crippen LogP contribution is 2.28. The van der Waals surface area contributed by atoms with Crippen LogP contribution in [-0.2, 0) is 11.8 Å². The van der Waals surface area contributed by atoms with Crippen LogP contribution in [-0.4, -0.2) is 0 Å². The van der Waals surface area contributed by atoms with E-state index in [0.29, 0.717) is 0 Å². The lowest BCUT2D eigenvalue weighted by Crippen LogP contribution is -2.10. The summed E-state index contributed by atoms with van der Waals surface area (Å²) in [6.45, 7) is 9.07. The van der Waals surface area contributed by atoms with Gasteiger partial charge in [0.1, 0.15) is 0 Å². The number of hydrogen-bond acceptors (Lipinski definition) is 0. The Bertz CT molecular complexity index is 515. The molecule has 2 aromatic carbocycles. The van der Waals surface area contributed by atoms with E-state index >= 15 is 0 Å². The molecule has 0 spiro atoms. The van der Waals surface area contributed by atoms with Gasteiger partial charge in [-0.15, -0.1) is 0 Å². The van der Waals surface area contributed by atoms with Crippen molar-refractivity contribution in [1.29, 1.82) is 0 Å². The van der Waals surface area contributed by atoms with Crippen LogP contribution in [0.25, 0.3) is 10.8 Å². The lowest BCUT2D eigenvalue weighted by atomic mass is 9.85. The number of fused-ring (bicyclic) bond motifs is 1. The van der Waals surface area contributed by atoms with E-state index < -0.39 is 0 Å². The Morgan fingerprint density at radius 3 is 2.41 bits per heavy atom. The minimum Gasteiger partial charge on any atom is -0.0651 e.